The first kappa shape index (κ1) is 24.3. The molecule has 2 atom stereocenters. The van der Waals surface area contributed by atoms with Gasteiger partial charge in [-0.2, -0.15) is 0 Å². The van der Waals surface area contributed by atoms with E-state index in [1.165, 1.54) is 11.1 Å². The Labute approximate surface area is 202 Å². The van der Waals surface area contributed by atoms with Crippen LogP contribution in [0.1, 0.15) is 38.8 Å². The van der Waals surface area contributed by atoms with Crippen LogP contribution in [0.5, 0.6) is 0 Å². The molecule has 3 N–H and O–H groups in total. The predicted octanol–water partition coefficient (Wildman–Crippen LogP) is 7.90. The van der Waals surface area contributed by atoms with Crippen molar-refractivity contribution in [2.24, 2.45) is 0 Å². The lowest BCUT2D eigenvalue weighted by atomic mass is 10.0. The van der Waals surface area contributed by atoms with E-state index >= 15 is 0 Å². The molecule has 170 valence electrons. The maximum atomic E-state index is 6.51. The summed E-state index contributed by atoms with van der Waals surface area (Å²) in [5, 5.41) is 12.1. The van der Waals surface area contributed by atoms with Crippen LogP contribution in [0.25, 0.3) is 0 Å². The highest BCUT2D eigenvalue weighted by Crippen LogP contribution is 2.26. The van der Waals surface area contributed by atoms with Crippen LogP contribution in [0, 0.1) is 0 Å². The number of benzene rings is 3. The summed E-state index contributed by atoms with van der Waals surface area (Å²) >= 11 is 12.6. The summed E-state index contributed by atoms with van der Waals surface area (Å²) in [7, 11) is 0. The lowest BCUT2D eigenvalue weighted by Crippen LogP contribution is -2.20. The first-order chi connectivity index (χ1) is 15.3. The van der Waals surface area contributed by atoms with Crippen LogP contribution >= 0.6 is 23.2 Å². The van der Waals surface area contributed by atoms with E-state index in [0.717, 1.165) is 39.9 Å². The lowest BCUT2D eigenvalue weighted by molar-refractivity contribution is 0.782. The normalized spacial score (nSPS) is 13.0. The molecule has 0 saturated carbocycles. The molecule has 0 radical (unpaired) electrons. The van der Waals surface area contributed by atoms with Crippen molar-refractivity contribution in [3.8, 4) is 0 Å². The van der Waals surface area contributed by atoms with Gasteiger partial charge < -0.3 is 16.0 Å². The zero-order chi connectivity index (χ0) is 23.1. The lowest BCUT2D eigenvalue weighted by Gasteiger charge is -2.20. The van der Waals surface area contributed by atoms with Crippen molar-refractivity contribution in [1.29, 1.82) is 0 Å². The molecule has 5 heteroatoms. The average Bonchev–Trinajstić information content (AvgIpc) is 2.70. The van der Waals surface area contributed by atoms with E-state index in [9.17, 15) is 0 Å². The molecule has 0 aromatic heterocycles. The van der Waals surface area contributed by atoms with Crippen molar-refractivity contribution >= 4 is 40.3 Å². The highest BCUT2D eigenvalue weighted by Gasteiger charge is 2.10. The monoisotopic (exact) mass is 469 g/mol. The fourth-order valence-electron chi connectivity index (χ4n) is 3.87. The van der Waals surface area contributed by atoms with Gasteiger partial charge in [0, 0.05) is 34.5 Å². The number of hydrogen-bond acceptors (Lipinski definition) is 3. The van der Waals surface area contributed by atoms with Gasteiger partial charge in [0.2, 0.25) is 0 Å². The van der Waals surface area contributed by atoms with Crippen LogP contribution < -0.4 is 16.0 Å². The van der Waals surface area contributed by atoms with Crippen molar-refractivity contribution in [3.05, 3.63) is 87.9 Å². The average molecular weight is 470 g/mol. The SMILES string of the molecule is CC(C)Nc1cccc(CC(C)Nc2cc(CC(C)Nc3cccc(Cl)c3)ccc2Cl)c1. The van der Waals surface area contributed by atoms with E-state index in [1.807, 2.05) is 30.3 Å². The molecule has 0 bridgehead atoms. The second-order valence-electron chi connectivity index (χ2n) is 8.82. The highest BCUT2D eigenvalue weighted by atomic mass is 35.5. The minimum atomic E-state index is 0.249. The van der Waals surface area contributed by atoms with Crippen molar-refractivity contribution in [3.63, 3.8) is 0 Å². The number of anilines is 3. The van der Waals surface area contributed by atoms with Gasteiger partial charge in [0.1, 0.15) is 0 Å². The second-order valence-corrected chi connectivity index (χ2v) is 9.67. The maximum absolute atomic E-state index is 6.51. The smallest absolute Gasteiger partial charge is 0.0637 e. The Morgan fingerprint density at radius 3 is 1.97 bits per heavy atom. The molecule has 0 aliphatic heterocycles. The minimum Gasteiger partial charge on any atom is -0.383 e. The molecule has 0 heterocycles. The van der Waals surface area contributed by atoms with Crippen LogP contribution in [0.15, 0.2) is 66.7 Å². The molecule has 0 aliphatic rings. The number of rotatable bonds is 10. The summed E-state index contributed by atoms with van der Waals surface area (Å²) in [5.41, 5.74) is 5.69. The topological polar surface area (TPSA) is 36.1 Å². The molecule has 3 nitrogen and oxygen atoms in total. The molecule has 3 rings (SSSR count). The van der Waals surface area contributed by atoms with Gasteiger partial charge in [-0.05, 0) is 94.1 Å². The summed E-state index contributed by atoms with van der Waals surface area (Å²) in [6.07, 6.45) is 1.80. The Morgan fingerprint density at radius 1 is 0.656 bits per heavy atom. The number of halogens is 2. The molecule has 0 aliphatic carbocycles. The van der Waals surface area contributed by atoms with Crippen molar-refractivity contribution < 1.29 is 0 Å². The molecule has 3 aromatic carbocycles. The molecule has 3 aromatic rings. The molecule has 0 amide bonds. The molecule has 0 spiro atoms. The third-order valence-corrected chi connectivity index (χ3v) is 5.70. The number of nitrogens with one attached hydrogen (secondary N) is 3. The Bertz CT molecular complexity index is 1020. The van der Waals surface area contributed by atoms with Crippen LogP contribution in [0.4, 0.5) is 17.1 Å². The molecule has 0 saturated heterocycles. The van der Waals surface area contributed by atoms with Crippen molar-refractivity contribution in [1.82, 2.24) is 0 Å². The summed E-state index contributed by atoms with van der Waals surface area (Å²) in [6, 6.07) is 23.6. The summed E-state index contributed by atoms with van der Waals surface area (Å²) < 4.78 is 0. The Morgan fingerprint density at radius 2 is 1.28 bits per heavy atom. The first-order valence-corrected chi connectivity index (χ1v) is 12.0. The van der Waals surface area contributed by atoms with Gasteiger partial charge in [-0.15, -0.1) is 0 Å². The maximum Gasteiger partial charge on any atom is 0.0637 e. The van der Waals surface area contributed by atoms with Gasteiger partial charge in [0.25, 0.3) is 0 Å². The summed E-state index contributed by atoms with van der Waals surface area (Å²) in [5.74, 6) is 0. The van der Waals surface area contributed by atoms with Crippen LogP contribution in [0.2, 0.25) is 10.0 Å². The van der Waals surface area contributed by atoms with E-state index in [1.54, 1.807) is 0 Å². The third kappa shape index (κ3) is 7.65. The van der Waals surface area contributed by atoms with Gasteiger partial charge in [0.05, 0.1) is 10.7 Å². The first-order valence-electron chi connectivity index (χ1n) is 11.2. The fraction of sp³-hybridized carbons (Fsp3) is 0.333. The minimum absolute atomic E-state index is 0.249. The Balaban J connectivity index is 1.61. The van der Waals surface area contributed by atoms with E-state index in [2.05, 4.69) is 80.0 Å². The van der Waals surface area contributed by atoms with Crippen LogP contribution in [-0.2, 0) is 12.8 Å². The zero-order valence-electron chi connectivity index (χ0n) is 19.3. The standard InChI is InChI=1S/C27H33Cl2N3/c1-18(2)30-24-9-5-7-21(15-24)14-20(4)32-27-16-22(11-12-26(27)29)13-19(3)31-25-10-6-8-23(28)17-25/h5-12,15-20,30-32H,13-14H2,1-4H3. The second kappa shape index (κ2) is 11.5. The predicted molar refractivity (Wildman–Crippen MR) is 142 cm³/mol. The summed E-state index contributed by atoms with van der Waals surface area (Å²) in [4.78, 5) is 0. The summed E-state index contributed by atoms with van der Waals surface area (Å²) in [6.45, 7) is 8.66. The number of hydrogen-bond donors (Lipinski definition) is 3. The molecule has 2 unspecified atom stereocenters. The molecule has 32 heavy (non-hydrogen) atoms. The van der Waals surface area contributed by atoms with E-state index in [0.29, 0.717) is 6.04 Å². The van der Waals surface area contributed by atoms with Gasteiger partial charge in [0.15, 0.2) is 0 Å². The van der Waals surface area contributed by atoms with Gasteiger partial charge in [-0.1, -0.05) is 47.5 Å². The van der Waals surface area contributed by atoms with Gasteiger partial charge in [-0.3, -0.25) is 0 Å². The van der Waals surface area contributed by atoms with E-state index < -0.39 is 0 Å². The van der Waals surface area contributed by atoms with Crippen molar-refractivity contribution in [2.75, 3.05) is 16.0 Å². The third-order valence-electron chi connectivity index (χ3n) is 5.14. The zero-order valence-corrected chi connectivity index (χ0v) is 20.8. The largest absolute Gasteiger partial charge is 0.383 e. The van der Waals surface area contributed by atoms with Crippen LogP contribution in [-0.4, -0.2) is 18.1 Å². The quantitative estimate of drug-likeness (QED) is 0.282. The fourth-order valence-corrected chi connectivity index (χ4v) is 4.23. The van der Waals surface area contributed by atoms with E-state index in [-0.39, 0.29) is 12.1 Å². The van der Waals surface area contributed by atoms with E-state index in [4.69, 9.17) is 23.2 Å². The molecular formula is C27H33Cl2N3. The van der Waals surface area contributed by atoms with Gasteiger partial charge >= 0.3 is 0 Å². The van der Waals surface area contributed by atoms with Gasteiger partial charge in [-0.25, -0.2) is 0 Å². The molecule has 0 fully saturated rings. The molecular weight excluding hydrogens is 437 g/mol. The Kier molecular flexibility index (Phi) is 8.72. The highest BCUT2D eigenvalue weighted by molar-refractivity contribution is 6.33. The van der Waals surface area contributed by atoms with Crippen LogP contribution in [0.3, 0.4) is 0 Å². The van der Waals surface area contributed by atoms with Crippen molar-refractivity contribution in [2.45, 2.75) is 58.7 Å². The Hall–Kier alpha value is -2.36.